The van der Waals surface area contributed by atoms with Crippen LogP contribution in [0.5, 0.6) is 0 Å². The molecule has 1 saturated carbocycles. The van der Waals surface area contributed by atoms with Crippen LogP contribution in [0.3, 0.4) is 0 Å². The Labute approximate surface area is 232 Å². The number of aliphatic hydroxyl groups excluding tert-OH is 1. The summed E-state index contributed by atoms with van der Waals surface area (Å²) in [4.78, 5) is 24.5. The first-order valence-electron chi connectivity index (χ1n) is 13.9. The highest BCUT2D eigenvalue weighted by molar-refractivity contribution is 5.72. The molecule has 39 heavy (non-hydrogen) atoms. The molecule has 3 aromatic rings. The Balaban J connectivity index is 1.68. The van der Waals surface area contributed by atoms with Gasteiger partial charge in [-0.05, 0) is 102 Å². The van der Waals surface area contributed by atoms with E-state index in [1.54, 1.807) is 0 Å². The first kappa shape index (κ1) is 29.0. The van der Waals surface area contributed by atoms with Gasteiger partial charge in [0.2, 0.25) is 0 Å². The van der Waals surface area contributed by atoms with Crippen LogP contribution in [0.1, 0.15) is 65.6 Å². The van der Waals surface area contributed by atoms with Crippen molar-refractivity contribution in [3.05, 3.63) is 80.5 Å². The van der Waals surface area contributed by atoms with E-state index in [4.69, 9.17) is 5.73 Å². The quantitative estimate of drug-likeness (QED) is 0.309. The summed E-state index contributed by atoms with van der Waals surface area (Å²) in [6.45, 7) is 6.89. The Morgan fingerprint density at radius 3 is 2.41 bits per heavy atom. The van der Waals surface area contributed by atoms with Crippen molar-refractivity contribution in [3.63, 3.8) is 0 Å². The molecule has 1 atom stereocenters. The van der Waals surface area contributed by atoms with Crippen molar-refractivity contribution in [2.45, 2.75) is 77.9 Å². The van der Waals surface area contributed by atoms with Crippen molar-refractivity contribution in [2.24, 2.45) is 5.73 Å². The van der Waals surface area contributed by atoms with Gasteiger partial charge >= 0.3 is 0 Å². The third-order valence-electron chi connectivity index (χ3n) is 7.99. The van der Waals surface area contributed by atoms with Crippen molar-refractivity contribution in [2.75, 3.05) is 26.0 Å². The second-order valence-corrected chi connectivity index (χ2v) is 11.4. The summed E-state index contributed by atoms with van der Waals surface area (Å²) in [6, 6.07) is 11.0. The molecular weight excluding hydrogens is 488 g/mol. The molecule has 8 nitrogen and oxygen atoms in total. The highest BCUT2D eigenvalue weighted by Gasteiger charge is 2.25. The van der Waals surface area contributed by atoms with Crippen molar-refractivity contribution in [3.8, 4) is 11.1 Å². The summed E-state index contributed by atoms with van der Waals surface area (Å²) >= 11 is 0. The summed E-state index contributed by atoms with van der Waals surface area (Å²) in [6.07, 6.45) is 5.10. The monoisotopic (exact) mass is 532 g/mol. The smallest absolute Gasteiger partial charge is 0.252 e. The number of aliphatic hydroxyl groups is 1. The van der Waals surface area contributed by atoms with Gasteiger partial charge in [-0.1, -0.05) is 6.07 Å². The fraction of sp³-hybridized carbons (Fsp3) is 0.484. The number of aryl methyl sites for hydroxylation is 2. The molecule has 1 fully saturated rings. The van der Waals surface area contributed by atoms with Gasteiger partial charge in [0, 0.05) is 66.5 Å². The van der Waals surface area contributed by atoms with Gasteiger partial charge in [0.15, 0.2) is 0 Å². The summed E-state index contributed by atoms with van der Waals surface area (Å²) in [5, 5.41) is 14.6. The number of H-pyrrole nitrogens is 1. The highest BCUT2D eigenvalue weighted by atomic mass is 16.3. The molecule has 1 unspecified atom stereocenters. The number of hydrogen-bond donors (Lipinski definition) is 4. The van der Waals surface area contributed by atoms with Crippen molar-refractivity contribution < 1.29 is 5.11 Å². The molecule has 2 heterocycles. The maximum atomic E-state index is 12.5. The SMILES string of the molecule is Cc1cc(C)c(CNC(O)c2cc(-c3ccc(CN(C)C)nc3)cc(N(C)C3CCC(N)CC3)c2C)c(=O)[nH]1. The van der Waals surface area contributed by atoms with Crippen LogP contribution in [0.15, 0.2) is 41.3 Å². The van der Waals surface area contributed by atoms with Gasteiger partial charge < -0.3 is 25.6 Å². The van der Waals surface area contributed by atoms with Crippen molar-refractivity contribution in [1.82, 2.24) is 20.2 Å². The van der Waals surface area contributed by atoms with Crippen LogP contribution in [0.2, 0.25) is 0 Å². The van der Waals surface area contributed by atoms with Crippen LogP contribution in [0.4, 0.5) is 5.69 Å². The third kappa shape index (κ3) is 6.94. The summed E-state index contributed by atoms with van der Waals surface area (Å²) in [5.74, 6) is 0. The second-order valence-electron chi connectivity index (χ2n) is 11.4. The van der Waals surface area contributed by atoms with Crippen LogP contribution < -0.4 is 21.5 Å². The van der Waals surface area contributed by atoms with E-state index in [0.29, 0.717) is 11.6 Å². The van der Waals surface area contributed by atoms with E-state index in [2.05, 4.69) is 57.3 Å². The molecule has 0 amide bonds. The van der Waals surface area contributed by atoms with E-state index >= 15 is 0 Å². The zero-order valence-electron chi connectivity index (χ0n) is 24.2. The Bertz CT molecular complexity index is 1330. The molecule has 0 bridgehead atoms. The summed E-state index contributed by atoms with van der Waals surface area (Å²) in [7, 11) is 6.20. The van der Waals surface area contributed by atoms with Crippen LogP contribution >= 0.6 is 0 Å². The van der Waals surface area contributed by atoms with E-state index in [1.807, 2.05) is 46.3 Å². The summed E-state index contributed by atoms with van der Waals surface area (Å²) in [5.41, 5.74) is 14.3. The lowest BCUT2D eigenvalue weighted by Crippen LogP contribution is -2.39. The lowest BCUT2D eigenvalue weighted by molar-refractivity contribution is 0.136. The molecule has 1 aliphatic rings. The third-order valence-corrected chi connectivity index (χ3v) is 7.99. The highest BCUT2D eigenvalue weighted by Crippen LogP contribution is 2.35. The van der Waals surface area contributed by atoms with Crippen LogP contribution in [-0.4, -0.2) is 53.2 Å². The van der Waals surface area contributed by atoms with Crippen LogP contribution in [-0.2, 0) is 13.1 Å². The lowest BCUT2D eigenvalue weighted by atomic mass is 9.89. The van der Waals surface area contributed by atoms with Gasteiger partial charge in [-0.2, -0.15) is 0 Å². The van der Waals surface area contributed by atoms with Gasteiger partial charge in [-0.15, -0.1) is 0 Å². The largest absolute Gasteiger partial charge is 0.374 e. The zero-order valence-corrected chi connectivity index (χ0v) is 24.2. The Morgan fingerprint density at radius 2 is 1.79 bits per heavy atom. The van der Waals surface area contributed by atoms with Crippen molar-refractivity contribution >= 4 is 5.69 Å². The maximum absolute atomic E-state index is 12.5. The molecule has 0 aliphatic heterocycles. The van der Waals surface area contributed by atoms with Crippen LogP contribution in [0.25, 0.3) is 11.1 Å². The second kappa shape index (κ2) is 12.4. The van der Waals surface area contributed by atoms with E-state index < -0.39 is 6.23 Å². The number of benzene rings is 1. The fourth-order valence-electron chi connectivity index (χ4n) is 5.65. The molecule has 0 radical (unpaired) electrons. The lowest BCUT2D eigenvalue weighted by Gasteiger charge is -2.36. The molecular formula is C31H44N6O2. The van der Waals surface area contributed by atoms with E-state index in [1.165, 1.54) is 0 Å². The number of anilines is 1. The summed E-state index contributed by atoms with van der Waals surface area (Å²) < 4.78 is 0. The Morgan fingerprint density at radius 1 is 1.08 bits per heavy atom. The predicted octanol–water partition coefficient (Wildman–Crippen LogP) is 3.91. The Hall–Kier alpha value is -3.04. The number of nitrogens with two attached hydrogens (primary N) is 1. The zero-order chi connectivity index (χ0) is 28.3. The average molecular weight is 533 g/mol. The van der Waals surface area contributed by atoms with E-state index in [9.17, 15) is 9.90 Å². The normalized spacial score (nSPS) is 18.4. The van der Waals surface area contributed by atoms with Gasteiger partial charge in [0.05, 0.1) is 5.69 Å². The molecule has 5 N–H and O–H groups in total. The minimum Gasteiger partial charge on any atom is -0.374 e. The Kier molecular flexibility index (Phi) is 9.23. The number of pyridine rings is 2. The number of aromatic amines is 1. The first-order valence-corrected chi connectivity index (χ1v) is 13.9. The van der Waals surface area contributed by atoms with Gasteiger partial charge in [-0.25, -0.2) is 0 Å². The average Bonchev–Trinajstić information content (AvgIpc) is 2.88. The number of rotatable bonds is 9. The van der Waals surface area contributed by atoms with Gasteiger partial charge in [0.1, 0.15) is 6.23 Å². The van der Waals surface area contributed by atoms with Gasteiger partial charge in [0.25, 0.3) is 5.56 Å². The fourth-order valence-corrected chi connectivity index (χ4v) is 5.65. The minimum absolute atomic E-state index is 0.127. The first-order chi connectivity index (χ1) is 18.5. The number of nitrogens with one attached hydrogen (secondary N) is 2. The molecule has 0 saturated heterocycles. The van der Waals surface area contributed by atoms with Crippen LogP contribution in [0, 0.1) is 20.8 Å². The minimum atomic E-state index is -0.946. The van der Waals surface area contributed by atoms with Crippen molar-refractivity contribution in [1.29, 1.82) is 0 Å². The topological polar surface area (TPSA) is 111 Å². The number of nitrogens with zero attached hydrogens (tertiary/aromatic N) is 3. The number of hydrogen-bond acceptors (Lipinski definition) is 7. The molecule has 210 valence electrons. The number of aromatic nitrogens is 2. The van der Waals surface area contributed by atoms with E-state index in [0.717, 1.165) is 77.1 Å². The predicted molar refractivity (Wildman–Crippen MR) is 159 cm³/mol. The molecule has 8 heteroatoms. The standard InChI is InChI=1S/C31H44N6O2/c1-19-13-20(2)35-31(39)28(19)17-34-30(38)27-14-23(22-7-10-25(33-16-22)18-36(4)5)15-29(21(27)3)37(6)26-11-8-24(32)9-12-26/h7,10,13-16,24,26,30,34,38H,8-9,11-12,17-18,32H2,1-6H3,(H,35,39). The molecule has 1 aromatic carbocycles. The van der Waals surface area contributed by atoms with E-state index in [-0.39, 0.29) is 18.1 Å². The molecule has 1 aliphatic carbocycles. The molecule has 4 rings (SSSR count). The molecule has 0 spiro atoms. The van der Waals surface area contributed by atoms with Gasteiger partial charge in [-0.3, -0.25) is 15.1 Å². The molecule has 2 aromatic heterocycles. The maximum Gasteiger partial charge on any atom is 0.252 e.